The van der Waals surface area contributed by atoms with Crippen molar-refractivity contribution in [3.05, 3.63) is 16.7 Å². The lowest BCUT2D eigenvalue weighted by atomic mass is 10.2. The van der Waals surface area contributed by atoms with Gasteiger partial charge in [0.15, 0.2) is 11.6 Å². The van der Waals surface area contributed by atoms with Gasteiger partial charge in [-0.05, 0) is 0 Å². The van der Waals surface area contributed by atoms with Gasteiger partial charge in [-0.2, -0.15) is 13.6 Å². The molecule has 0 amide bonds. The minimum atomic E-state index is -5.69. The average Bonchev–Trinajstić information content (AvgIpc) is 2.86. The zero-order valence-corrected chi connectivity index (χ0v) is 16.7. The molecule has 5 atom stereocenters. The summed E-state index contributed by atoms with van der Waals surface area (Å²) in [7, 11) is -16.6. The van der Waals surface area contributed by atoms with E-state index in [0.29, 0.717) is 0 Å². The Morgan fingerprint density at radius 2 is 1.83 bits per heavy atom. The summed E-state index contributed by atoms with van der Waals surface area (Å²) in [6, 6.07) is 0. The number of nitrogens with two attached hydrogens (primary N) is 1. The predicted octanol–water partition coefficient (Wildman–Crippen LogP) is -1.48. The highest BCUT2D eigenvalue weighted by atomic mass is 31.3. The van der Waals surface area contributed by atoms with Crippen molar-refractivity contribution >= 4 is 29.3 Å². The number of aromatic nitrogens is 2. The fraction of sp³-hybridized carbons (Fsp3) is 0.556. The Kier molecular flexibility index (Phi) is 7.07. The minimum Gasteiger partial charge on any atom is -0.503 e. The summed E-state index contributed by atoms with van der Waals surface area (Å²) >= 11 is 0. The van der Waals surface area contributed by atoms with Gasteiger partial charge in [0, 0.05) is 6.42 Å². The third-order valence-electron chi connectivity index (χ3n) is 3.29. The van der Waals surface area contributed by atoms with Crippen molar-refractivity contribution in [1.82, 2.24) is 9.55 Å². The lowest BCUT2D eigenvalue weighted by molar-refractivity contribution is -0.0450. The van der Waals surface area contributed by atoms with Crippen LogP contribution in [0.25, 0.3) is 0 Å². The van der Waals surface area contributed by atoms with Gasteiger partial charge in [0.25, 0.3) is 0 Å². The monoisotopic (exact) mass is 483 g/mol. The average molecular weight is 483 g/mol. The van der Waals surface area contributed by atoms with E-state index in [1.165, 1.54) is 0 Å². The molecule has 1 aliphatic heterocycles. The number of anilines is 1. The van der Waals surface area contributed by atoms with E-state index in [4.69, 9.17) is 25.2 Å². The number of ether oxygens (including phenoxy) is 1. The molecule has 2 heterocycles. The van der Waals surface area contributed by atoms with Crippen molar-refractivity contribution in [2.75, 3.05) is 12.3 Å². The molecule has 1 saturated heterocycles. The first-order valence-electron chi connectivity index (χ1n) is 7.28. The molecule has 1 fully saturated rings. The number of aromatic hydroxyl groups is 1. The van der Waals surface area contributed by atoms with Crippen LogP contribution in [0.5, 0.6) is 5.75 Å². The summed E-state index contributed by atoms with van der Waals surface area (Å²) in [6.07, 6.45) is -3.23. The molecule has 0 aliphatic carbocycles. The number of rotatable bonds is 8. The van der Waals surface area contributed by atoms with Crippen LogP contribution in [-0.2, 0) is 31.6 Å². The molecule has 20 heteroatoms. The normalized spacial score (nSPS) is 26.7. The second-order valence-corrected chi connectivity index (χ2v) is 9.94. The molecule has 166 valence electrons. The predicted molar refractivity (Wildman–Crippen MR) is 88.9 cm³/mol. The number of phosphoric acid groups is 3. The summed E-state index contributed by atoms with van der Waals surface area (Å²) in [5, 5.41) is 19.5. The second kappa shape index (κ2) is 8.51. The molecule has 1 aliphatic rings. The third-order valence-corrected chi connectivity index (χ3v) is 7.10. The number of hydrogen-bond donors (Lipinski definition) is 7. The quantitative estimate of drug-likeness (QED) is 0.208. The summed E-state index contributed by atoms with van der Waals surface area (Å²) in [5.41, 5.74) is 4.34. The molecule has 17 nitrogen and oxygen atoms in total. The van der Waals surface area contributed by atoms with Crippen LogP contribution < -0.4 is 11.4 Å². The first-order valence-corrected chi connectivity index (χ1v) is 11.8. The number of aliphatic hydroxyl groups excluding tert-OH is 1. The van der Waals surface area contributed by atoms with Crippen molar-refractivity contribution < 1.29 is 61.4 Å². The minimum absolute atomic E-state index is 0.241. The van der Waals surface area contributed by atoms with Crippen molar-refractivity contribution in [3.8, 4) is 5.75 Å². The molecule has 1 aromatic rings. The molecule has 0 spiro atoms. The van der Waals surface area contributed by atoms with Crippen molar-refractivity contribution in [1.29, 1.82) is 0 Å². The van der Waals surface area contributed by atoms with Crippen LogP contribution in [0.3, 0.4) is 0 Å². The maximum absolute atomic E-state index is 11.8. The van der Waals surface area contributed by atoms with E-state index in [2.05, 4.69) is 18.1 Å². The maximum Gasteiger partial charge on any atom is 0.490 e. The highest BCUT2D eigenvalue weighted by molar-refractivity contribution is 7.66. The van der Waals surface area contributed by atoms with Crippen LogP contribution in [-0.4, -0.2) is 58.2 Å². The first kappa shape index (κ1) is 24.1. The van der Waals surface area contributed by atoms with Gasteiger partial charge in [0.2, 0.25) is 0 Å². The zero-order valence-electron chi connectivity index (χ0n) is 14.0. The van der Waals surface area contributed by atoms with Gasteiger partial charge in [-0.15, -0.1) is 0 Å². The van der Waals surface area contributed by atoms with Gasteiger partial charge >= 0.3 is 29.2 Å². The molecule has 0 bridgehead atoms. The van der Waals surface area contributed by atoms with Crippen LogP contribution >= 0.6 is 23.5 Å². The summed E-state index contributed by atoms with van der Waals surface area (Å²) < 4.78 is 50.9. The Labute approximate surface area is 160 Å². The van der Waals surface area contributed by atoms with Crippen LogP contribution in [0.1, 0.15) is 12.6 Å². The largest absolute Gasteiger partial charge is 0.503 e. The smallest absolute Gasteiger partial charge is 0.490 e. The molecular formula is C9H16N3O14P3. The third kappa shape index (κ3) is 6.93. The molecular weight excluding hydrogens is 467 g/mol. The van der Waals surface area contributed by atoms with Gasteiger partial charge in [-0.25, -0.2) is 18.5 Å². The topological polar surface area (TPSA) is 270 Å². The molecule has 3 unspecified atom stereocenters. The zero-order chi connectivity index (χ0) is 22.2. The van der Waals surface area contributed by atoms with Gasteiger partial charge < -0.3 is 40.3 Å². The van der Waals surface area contributed by atoms with Gasteiger partial charge in [0.05, 0.1) is 18.9 Å². The van der Waals surface area contributed by atoms with E-state index in [1.807, 2.05) is 0 Å². The number of nitrogen functional groups attached to an aromatic ring is 1. The Bertz CT molecular complexity index is 959. The second-order valence-electron chi connectivity index (χ2n) is 5.52. The van der Waals surface area contributed by atoms with E-state index in [9.17, 15) is 33.6 Å². The van der Waals surface area contributed by atoms with Crippen LogP contribution in [0.4, 0.5) is 5.82 Å². The number of phosphoric ester groups is 1. The van der Waals surface area contributed by atoms with Crippen molar-refractivity contribution in [2.45, 2.75) is 24.9 Å². The fourth-order valence-corrected chi connectivity index (χ4v) is 5.21. The van der Waals surface area contributed by atoms with Crippen molar-refractivity contribution in [2.24, 2.45) is 0 Å². The van der Waals surface area contributed by atoms with Gasteiger partial charge in [-0.3, -0.25) is 9.09 Å². The fourth-order valence-electron chi connectivity index (χ4n) is 2.18. The Morgan fingerprint density at radius 3 is 2.41 bits per heavy atom. The summed E-state index contributed by atoms with van der Waals surface area (Å²) in [5.74, 6) is -0.978. The first-order chi connectivity index (χ1) is 13.1. The van der Waals surface area contributed by atoms with Gasteiger partial charge in [0.1, 0.15) is 12.3 Å². The highest BCUT2D eigenvalue weighted by Gasteiger charge is 2.43. The van der Waals surface area contributed by atoms with Crippen LogP contribution in [0, 0.1) is 0 Å². The number of hydrogen-bond acceptors (Lipinski definition) is 12. The Balaban J connectivity index is 2.02. The molecule has 2 rings (SSSR count). The van der Waals surface area contributed by atoms with E-state index in [-0.39, 0.29) is 6.42 Å². The lowest BCUT2D eigenvalue weighted by Crippen LogP contribution is -2.28. The van der Waals surface area contributed by atoms with E-state index in [1.54, 1.807) is 0 Å². The van der Waals surface area contributed by atoms with E-state index >= 15 is 0 Å². The van der Waals surface area contributed by atoms with Gasteiger partial charge in [-0.1, -0.05) is 0 Å². The molecule has 8 N–H and O–H groups in total. The Morgan fingerprint density at radius 1 is 1.21 bits per heavy atom. The molecule has 0 aromatic carbocycles. The number of aliphatic hydroxyl groups is 1. The Hall–Kier alpha value is -1.19. The molecule has 0 radical (unpaired) electrons. The van der Waals surface area contributed by atoms with Crippen LogP contribution in [0.2, 0.25) is 0 Å². The molecule has 29 heavy (non-hydrogen) atoms. The molecule has 0 saturated carbocycles. The van der Waals surface area contributed by atoms with E-state index < -0.39 is 65.8 Å². The SMILES string of the molecule is Nc1nc(=O)n([C@H]2CC(O)[C@@H](COP(=O)(O)OP(=O)(O)OP(=O)(O)O)O2)cc1O. The highest BCUT2D eigenvalue weighted by Crippen LogP contribution is 2.66. The maximum atomic E-state index is 11.8. The number of nitrogens with zero attached hydrogens (tertiary/aromatic N) is 2. The summed E-state index contributed by atoms with van der Waals surface area (Å²) in [6.45, 7) is -0.912. The molecule has 1 aromatic heterocycles. The van der Waals surface area contributed by atoms with E-state index in [0.717, 1.165) is 10.8 Å². The van der Waals surface area contributed by atoms with Crippen molar-refractivity contribution in [3.63, 3.8) is 0 Å². The lowest BCUT2D eigenvalue weighted by Gasteiger charge is -2.19. The standard InChI is InChI=1S/C9H16N3O14P3/c10-8-5(14)2-12(9(15)11-8)7-1-4(13)6(24-7)3-23-28(19,20)26-29(21,22)25-27(16,17)18/h2,4,6-7,13-14H,1,3H2,(H,19,20)(H,21,22)(H2,10,11,15)(H2,16,17,18)/t4?,6-,7-/m1/s1. The van der Waals surface area contributed by atoms with Crippen LogP contribution in [0.15, 0.2) is 11.0 Å². The summed E-state index contributed by atoms with van der Waals surface area (Å²) in [4.78, 5) is 50.4.